The van der Waals surface area contributed by atoms with Crippen LogP contribution in [-0.2, 0) is 6.42 Å². The van der Waals surface area contributed by atoms with Gasteiger partial charge in [0.05, 0.1) is 0 Å². The van der Waals surface area contributed by atoms with Gasteiger partial charge >= 0.3 is 0 Å². The van der Waals surface area contributed by atoms with Crippen molar-refractivity contribution in [2.24, 2.45) is 0 Å². The van der Waals surface area contributed by atoms with E-state index >= 15 is 0 Å². The van der Waals surface area contributed by atoms with E-state index in [1.165, 1.54) is 6.07 Å². The van der Waals surface area contributed by atoms with Crippen molar-refractivity contribution in [2.75, 3.05) is 21.1 Å². The molecule has 0 aromatic heterocycles. The Kier molecular flexibility index (Phi) is 5.96. The molecule has 0 aliphatic rings. The number of benzene rings is 1. The number of hydrogen-bond donors (Lipinski definition) is 2. The molecule has 0 aliphatic carbocycles. The lowest BCUT2D eigenvalue weighted by atomic mass is 10.0. The molecule has 0 saturated carbocycles. The SMILES string of the molecule is C=CN(C)/C(NC)=C(/Cc1cccc(F)c1F)C(=C)NC. The zero-order chi connectivity index (χ0) is 16.0. The van der Waals surface area contributed by atoms with Crippen LogP contribution in [0.1, 0.15) is 5.56 Å². The lowest BCUT2D eigenvalue weighted by Gasteiger charge is -2.24. The van der Waals surface area contributed by atoms with E-state index in [2.05, 4.69) is 23.8 Å². The molecule has 0 bridgehead atoms. The fraction of sp³-hybridized carbons (Fsp3) is 0.250. The minimum atomic E-state index is -0.856. The van der Waals surface area contributed by atoms with E-state index in [1.54, 1.807) is 31.3 Å². The van der Waals surface area contributed by atoms with Gasteiger partial charge < -0.3 is 15.5 Å². The average Bonchev–Trinajstić information content (AvgIpc) is 2.50. The number of halogens is 2. The van der Waals surface area contributed by atoms with Gasteiger partial charge in [-0.15, -0.1) is 0 Å². The highest BCUT2D eigenvalue weighted by atomic mass is 19.2. The lowest BCUT2D eigenvalue weighted by molar-refractivity contribution is 0.496. The summed E-state index contributed by atoms with van der Waals surface area (Å²) in [5.41, 5.74) is 1.62. The summed E-state index contributed by atoms with van der Waals surface area (Å²) in [5.74, 6) is -0.978. The van der Waals surface area contributed by atoms with Crippen LogP contribution in [0.3, 0.4) is 0 Å². The standard InChI is InChI=1S/C16H21F2N3/c1-6-21(5)16(20-4)13(11(2)19-3)10-12-8-7-9-14(17)15(12)18/h6-9,19-20H,1-2,10H2,3-5H3/b16-13-. The van der Waals surface area contributed by atoms with Crippen molar-refractivity contribution in [1.82, 2.24) is 15.5 Å². The second kappa shape index (κ2) is 7.47. The molecule has 3 nitrogen and oxygen atoms in total. The molecule has 0 heterocycles. The zero-order valence-electron chi connectivity index (χ0n) is 12.6. The van der Waals surface area contributed by atoms with Crippen LogP contribution < -0.4 is 10.6 Å². The van der Waals surface area contributed by atoms with Crippen LogP contribution in [0.4, 0.5) is 8.78 Å². The van der Waals surface area contributed by atoms with E-state index in [1.807, 2.05) is 7.05 Å². The van der Waals surface area contributed by atoms with E-state index in [-0.39, 0.29) is 12.0 Å². The van der Waals surface area contributed by atoms with Gasteiger partial charge in [-0.05, 0) is 17.8 Å². The minimum Gasteiger partial charge on any atom is -0.388 e. The Labute approximate surface area is 124 Å². The Balaban J connectivity index is 3.33. The number of nitrogens with one attached hydrogen (secondary N) is 2. The number of rotatable bonds is 7. The molecule has 1 aromatic carbocycles. The molecule has 0 unspecified atom stereocenters. The number of likely N-dealkylation sites (N-methyl/N-ethyl adjacent to an activating group) is 1. The maximum Gasteiger partial charge on any atom is 0.162 e. The Hall–Kier alpha value is -2.30. The lowest BCUT2D eigenvalue weighted by Crippen LogP contribution is -2.26. The van der Waals surface area contributed by atoms with E-state index in [0.29, 0.717) is 11.5 Å². The predicted octanol–water partition coefficient (Wildman–Crippen LogP) is 2.75. The summed E-state index contributed by atoms with van der Waals surface area (Å²) in [7, 11) is 5.29. The molecule has 5 heteroatoms. The molecule has 21 heavy (non-hydrogen) atoms. The topological polar surface area (TPSA) is 27.3 Å². The van der Waals surface area contributed by atoms with Crippen LogP contribution in [0.25, 0.3) is 0 Å². The quantitative estimate of drug-likeness (QED) is 0.757. The molecule has 0 amide bonds. The highest BCUT2D eigenvalue weighted by Crippen LogP contribution is 2.21. The molecule has 0 fully saturated rings. The van der Waals surface area contributed by atoms with Crippen molar-refractivity contribution in [1.29, 1.82) is 0 Å². The molecule has 0 saturated heterocycles. The number of nitrogens with zero attached hydrogens (tertiary/aromatic N) is 1. The predicted molar refractivity (Wildman–Crippen MR) is 82.3 cm³/mol. The fourth-order valence-electron chi connectivity index (χ4n) is 1.99. The van der Waals surface area contributed by atoms with Gasteiger partial charge in [0, 0.05) is 38.8 Å². The number of allylic oxidation sites excluding steroid dienone is 1. The first-order valence-corrected chi connectivity index (χ1v) is 6.52. The van der Waals surface area contributed by atoms with Crippen molar-refractivity contribution in [3.05, 3.63) is 71.8 Å². The van der Waals surface area contributed by atoms with Crippen molar-refractivity contribution >= 4 is 0 Å². The second-order valence-corrected chi connectivity index (χ2v) is 4.49. The summed E-state index contributed by atoms with van der Waals surface area (Å²) in [5, 5.41) is 5.98. The zero-order valence-corrected chi connectivity index (χ0v) is 12.6. The van der Waals surface area contributed by atoms with Gasteiger partial charge in [-0.3, -0.25) is 0 Å². The van der Waals surface area contributed by atoms with Gasteiger partial charge in [-0.25, -0.2) is 8.78 Å². The third-order valence-electron chi connectivity index (χ3n) is 3.21. The van der Waals surface area contributed by atoms with Crippen LogP contribution >= 0.6 is 0 Å². The molecular formula is C16H21F2N3. The van der Waals surface area contributed by atoms with E-state index < -0.39 is 11.6 Å². The summed E-state index contributed by atoms with van der Waals surface area (Å²) >= 11 is 0. The summed E-state index contributed by atoms with van der Waals surface area (Å²) in [6.07, 6.45) is 1.83. The third-order valence-corrected chi connectivity index (χ3v) is 3.21. The van der Waals surface area contributed by atoms with Crippen molar-refractivity contribution < 1.29 is 8.78 Å². The maximum atomic E-state index is 13.9. The van der Waals surface area contributed by atoms with Crippen LogP contribution in [0.15, 0.2) is 54.6 Å². The molecule has 1 rings (SSSR count). The monoisotopic (exact) mass is 293 g/mol. The molecule has 0 atom stereocenters. The second-order valence-electron chi connectivity index (χ2n) is 4.49. The van der Waals surface area contributed by atoms with E-state index in [0.717, 1.165) is 11.6 Å². The molecular weight excluding hydrogens is 272 g/mol. The van der Waals surface area contributed by atoms with Gasteiger partial charge in [0.2, 0.25) is 0 Å². The Bertz CT molecular complexity index is 565. The van der Waals surface area contributed by atoms with Crippen molar-refractivity contribution in [3.63, 3.8) is 0 Å². The Morgan fingerprint density at radius 3 is 2.48 bits per heavy atom. The van der Waals surface area contributed by atoms with Crippen LogP contribution in [0.2, 0.25) is 0 Å². The molecule has 0 radical (unpaired) electrons. The van der Waals surface area contributed by atoms with Gasteiger partial charge in [0.25, 0.3) is 0 Å². The van der Waals surface area contributed by atoms with Crippen LogP contribution in [0, 0.1) is 11.6 Å². The van der Waals surface area contributed by atoms with E-state index in [4.69, 9.17) is 0 Å². The molecule has 0 aliphatic heterocycles. The third kappa shape index (κ3) is 3.84. The van der Waals surface area contributed by atoms with Crippen molar-refractivity contribution in [2.45, 2.75) is 6.42 Å². The Morgan fingerprint density at radius 1 is 1.29 bits per heavy atom. The fourth-order valence-corrected chi connectivity index (χ4v) is 1.99. The molecule has 114 valence electrons. The summed E-state index contributed by atoms with van der Waals surface area (Å²) in [4.78, 5) is 1.76. The van der Waals surface area contributed by atoms with Gasteiger partial charge in [-0.1, -0.05) is 25.3 Å². The minimum absolute atomic E-state index is 0.206. The highest BCUT2D eigenvalue weighted by molar-refractivity contribution is 5.37. The normalized spacial score (nSPS) is 11.5. The van der Waals surface area contributed by atoms with E-state index in [9.17, 15) is 8.78 Å². The molecule has 1 aromatic rings. The largest absolute Gasteiger partial charge is 0.388 e. The average molecular weight is 293 g/mol. The van der Waals surface area contributed by atoms with Gasteiger partial charge in [-0.2, -0.15) is 0 Å². The summed E-state index contributed by atoms with van der Waals surface area (Å²) in [6, 6.07) is 4.15. The maximum absolute atomic E-state index is 13.9. The summed E-state index contributed by atoms with van der Waals surface area (Å²) < 4.78 is 27.2. The number of hydrogen-bond acceptors (Lipinski definition) is 3. The van der Waals surface area contributed by atoms with Crippen LogP contribution in [-0.4, -0.2) is 26.0 Å². The molecule has 2 N–H and O–H groups in total. The van der Waals surface area contributed by atoms with Crippen LogP contribution in [0.5, 0.6) is 0 Å². The highest BCUT2D eigenvalue weighted by Gasteiger charge is 2.16. The first-order valence-electron chi connectivity index (χ1n) is 6.52. The molecule has 0 spiro atoms. The summed E-state index contributed by atoms with van der Waals surface area (Å²) in [6.45, 7) is 7.62. The van der Waals surface area contributed by atoms with Gasteiger partial charge in [0.1, 0.15) is 5.82 Å². The first-order chi connectivity index (χ1) is 9.96. The van der Waals surface area contributed by atoms with Gasteiger partial charge in [0.15, 0.2) is 11.6 Å². The Morgan fingerprint density at radius 2 is 1.95 bits per heavy atom. The van der Waals surface area contributed by atoms with Crippen molar-refractivity contribution in [3.8, 4) is 0 Å². The smallest absolute Gasteiger partial charge is 0.162 e. The first kappa shape index (κ1) is 16.8.